The van der Waals surface area contributed by atoms with Crippen LogP contribution < -0.4 is 5.32 Å². The Hall–Kier alpha value is -0.380. The Bertz CT molecular complexity index is 246. The highest BCUT2D eigenvalue weighted by Gasteiger charge is 2.13. The average Bonchev–Trinajstić information content (AvgIpc) is 2.53. The zero-order valence-corrected chi connectivity index (χ0v) is 9.84. The predicted molar refractivity (Wildman–Crippen MR) is 61.6 cm³/mol. The van der Waals surface area contributed by atoms with Gasteiger partial charge in [0.2, 0.25) is 0 Å². The van der Waals surface area contributed by atoms with Crippen LogP contribution in [0.2, 0.25) is 0 Å². The maximum Gasteiger partial charge on any atom is 0.0896 e. The van der Waals surface area contributed by atoms with Crippen molar-refractivity contribution in [3.8, 4) is 0 Å². The number of hydrogen-bond donors (Lipinski definition) is 2. The SMILES string of the molecule is CC(C)NC(C)CC(O)c1cccs1. The van der Waals surface area contributed by atoms with Gasteiger partial charge >= 0.3 is 0 Å². The number of hydrogen-bond acceptors (Lipinski definition) is 3. The van der Waals surface area contributed by atoms with Crippen LogP contribution >= 0.6 is 11.3 Å². The van der Waals surface area contributed by atoms with E-state index in [2.05, 4.69) is 26.1 Å². The summed E-state index contributed by atoms with van der Waals surface area (Å²) in [6, 6.07) is 4.79. The van der Waals surface area contributed by atoms with Crippen molar-refractivity contribution in [1.29, 1.82) is 0 Å². The first-order valence-corrected chi connectivity index (χ1v) is 5.95. The van der Waals surface area contributed by atoms with Crippen LogP contribution in [0.25, 0.3) is 0 Å². The van der Waals surface area contributed by atoms with Gasteiger partial charge in [0.05, 0.1) is 6.10 Å². The highest BCUT2D eigenvalue weighted by atomic mass is 32.1. The lowest BCUT2D eigenvalue weighted by Crippen LogP contribution is -2.33. The Labute approximate surface area is 90.0 Å². The Morgan fingerprint density at radius 1 is 1.43 bits per heavy atom. The molecule has 1 heterocycles. The molecule has 1 aromatic heterocycles. The van der Waals surface area contributed by atoms with E-state index in [0.717, 1.165) is 11.3 Å². The molecule has 0 radical (unpaired) electrons. The van der Waals surface area contributed by atoms with Crippen LogP contribution in [0, 0.1) is 0 Å². The molecule has 0 aromatic carbocycles. The first-order valence-electron chi connectivity index (χ1n) is 5.07. The van der Waals surface area contributed by atoms with E-state index < -0.39 is 0 Å². The van der Waals surface area contributed by atoms with Gasteiger partial charge in [-0.05, 0) is 24.8 Å². The summed E-state index contributed by atoms with van der Waals surface area (Å²) in [4.78, 5) is 1.06. The number of aliphatic hydroxyl groups is 1. The van der Waals surface area contributed by atoms with E-state index in [1.165, 1.54) is 0 Å². The fraction of sp³-hybridized carbons (Fsp3) is 0.636. The summed E-state index contributed by atoms with van der Waals surface area (Å²) in [7, 11) is 0. The van der Waals surface area contributed by atoms with E-state index in [4.69, 9.17) is 0 Å². The summed E-state index contributed by atoms with van der Waals surface area (Å²) in [6.07, 6.45) is 0.454. The van der Waals surface area contributed by atoms with Gasteiger partial charge in [0.15, 0.2) is 0 Å². The van der Waals surface area contributed by atoms with Gasteiger partial charge in [-0.2, -0.15) is 0 Å². The molecule has 0 amide bonds. The van der Waals surface area contributed by atoms with Crippen LogP contribution in [0.4, 0.5) is 0 Å². The molecule has 0 saturated heterocycles. The molecule has 0 fully saturated rings. The quantitative estimate of drug-likeness (QED) is 0.788. The molecule has 0 aliphatic heterocycles. The molecule has 14 heavy (non-hydrogen) atoms. The maximum absolute atomic E-state index is 9.86. The van der Waals surface area contributed by atoms with Crippen LogP contribution in [0.1, 0.15) is 38.2 Å². The lowest BCUT2D eigenvalue weighted by molar-refractivity contribution is 0.156. The highest BCUT2D eigenvalue weighted by Crippen LogP contribution is 2.22. The second-order valence-electron chi connectivity index (χ2n) is 3.99. The lowest BCUT2D eigenvalue weighted by Gasteiger charge is -2.19. The standard InChI is InChI=1S/C11H19NOS/c1-8(2)12-9(3)7-10(13)11-5-4-6-14-11/h4-6,8-10,12-13H,7H2,1-3H3. The van der Waals surface area contributed by atoms with Crippen molar-refractivity contribution in [3.63, 3.8) is 0 Å². The van der Waals surface area contributed by atoms with E-state index in [1.807, 2.05) is 17.5 Å². The minimum atomic E-state index is -0.323. The Morgan fingerprint density at radius 2 is 2.14 bits per heavy atom. The third-order valence-electron chi connectivity index (χ3n) is 2.07. The van der Waals surface area contributed by atoms with Crippen molar-refractivity contribution in [2.45, 2.75) is 45.4 Å². The van der Waals surface area contributed by atoms with Gasteiger partial charge in [0.25, 0.3) is 0 Å². The van der Waals surface area contributed by atoms with Crippen LogP contribution in [0.5, 0.6) is 0 Å². The molecule has 0 bridgehead atoms. The molecule has 2 N–H and O–H groups in total. The fourth-order valence-electron chi connectivity index (χ4n) is 1.57. The van der Waals surface area contributed by atoms with Gasteiger partial charge in [0.1, 0.15) is 0 Å². The van der Waals surface area contributed by atoms with E-state index in [1.54, 1.807) is 11.3 Å². The first kappa shape index (κ1) is 11.7. The topological polar surface area (TPSA) is 32.3 Å². The minimum Gasteiger partial charge on any atom is -0.388 e. The molecule has 1 aromatic rings. The number of aliphatic hydroxyl groups excluding tert-OH is 1. The zero-order chi connectivity index (χ0) is 10.6. The second-order valence-corrected chi connectivity index (χ2v) is 4.97. The van der Waals surface area contributed by atoms with Gasteiger partial charge in [-0.3, -0.25) is 0 Å². The van der Waals surface area contributed by atoms with Gasteiger partial charge in [0, 0.05) is 17.0 Å². The van der Waals surface area contributed by atoms with E-state index >= 15 is 0 Å². The third kappa shape index (κ3) is 3.78. The van der Waals surface area contributed by atoms with Crippen LogP contribution in [0.15, 0.2) is 17.5 Å². The van der Waals surface area contributed by atoms with Gasteiger partial charge in [-0.25, -0.2) is 0 Å². The summed E-state index contributed by atoms with van der Waals surface area (Å²) in [6.45, 7) is 6.35. The smallest absolute Gasteiger partial charge is 0.0896 e. The summed E-state index contributed by atoms with van der Waals surface area (Å²) < 4.78 is 0. The van der Waals surface area contributed by atoms with Crippen LogP contribution in [-0.2, 0) is 0 Å². The van der Waals surface area contributed by atoms with Crippen LogP contribution in [-0.4, -0.2) is 17.2 Å². The van der Waals surface area contributed by atoms with Crippen molar-refractivity contribution in [2.24, 2.45) is 0 Å². The average molecular weight is 213 g/mol. The van der Waals surface area contributed by atoms with Crippen molar-refractivity contribution >= 4 is 11.3 Å². The number of nitrogens with one attached hydrogen (secondary N) is 1. The molecule has 1 rings (SSSR count). The summed E-state index contributed by atoms with van der Waals surface area (Å²) >= 11 is 1.61. The molecule has 2 unspecified atom stereocenters. The molecule has 80 valence electrons. The van der Waals surface area contributed by atoms with Crippen molar-refractivity contribution in [2.75, 3.05) is 0 Å². The molecule has 2 atom stereocenters. The Morgan fingerprint density at radius 3 is 2.64 bits per heavy atom. The molecular formula is C11H19NOS. The molecule has 3 heteroatoms. The second kappa shape index (κ2) is 5.49. The number of thiophene rings is 1. The van der Waals surface area contributed by atoms with Crippen molar-refractivity contribution in [1.82, 2.24) is 5.32 Å². The Kier molecular flexibility index (Phi) is 4.58. The van der Waals surface area contributed by atoms with Gasteiger partial charge in [-0.1, -0.05) is 19.9 Å². The summed E-state index contributed by atoms with van der Waals surface area (Å²) in [5.41, 5.74) is 0. The third-order valence-corrected chi connectivity index (χ3v) is 3.04. The molecule has 0 saturated carbocycles. The highest BCUT2D eigenvalue weighted by molar-refractivity contribution is 7.10. The lowest BCUT2D eigenvalue weighted by atomic mass is 10.1. The van der Waals surface area contributed by atoms with E-state index in [9.17, 15) is 5.11 Å². The maximum atomic E-state index is 9.86. The predicted octanol–water partition coefficient (Wildman–Crippen LogP) is 2.56. The number of rotatable bonds is 5. The minimum absolute atomic E-state index is 0.323. The van der Waals surface area contributed by atoms with E-state index in [-0.39, 0.29) is 6.10 Å². The molecular weight excluding hydrogens is 194 g/mol. The van der Waals surface area contributed by atoms with Gasteiger partial charge < -0.3 is 10.4 Å². The van der Waals surface area contributed by atoms with Gasteiger partial charge in [-0.15, -0.1) is 11.3 Å². The molecule has 0 spiro atoms. The summed E-state index contributed by atoms with van der Waals surface area (Å²) in [5, 5.41) is 15.2. The van der Waals surface area contributed by atoms with E-state index in [0.29, 0.717) is 12.1 Å². The Balaban J connectivity index is 2.37. The van der Waals surface area contributed by atoms with Crippen molar-refractivity contribution in [3.05, 3.63) is 22.4 Å². The normalized spacial score (nSPS) is 15.8. The molecule has 2 nitrogen and oxygen atoms in total. The molecule has 0 aliphatic carbocycles. The molecule has 0 aliphatic rings. The summed E-state index contributed by atoms with van der Waals surface area (Å²) in [5.74, 6) is 0. The zero-order valence-electron chi connectivity index (χ0n) is 9.03. The fourth-order valence-corrected chi connectivity index (χ4v) is 2.29. The monoisotopic (exact) mass is 213 g/mol. The largest absolute Gasteiger partial charge is 0.388 e. The first-order chi connectivity index (χ1) is 6.59. The van der Waals surface area contributed by atoms with Crippen molar-refractivity contribution < 1.29 is 5.11 Å². The van der Waals surface area contributed by atoms with Crippen LogP contribution in [0.3, 0.4) is 0 Å².